The second-order valence-corrected chi connectivity index (χ2v) is 6.56. The molecule has 3 N–H and O–H groups in total. The van der Waals surface area contributed by atoms with Gasteiger partial charge in [0.1, 0.15) is 0 Å². The van der Waals surface area contributed by atoms with Crippen LogP contribution in [-0.4, -0.2) is 12.5 Å². The molecule has 0 saturated heterocycles. The van der Waals surface area contributed by atoms with Crippen LogP contribution in [0.3, 0.4) is 0 Å². The van der Waals surface area contributed by atoms with Crippen molar-refractivity contribution in [2.75, 3.05) is 6.54 Å². The van der Waals surface area contributed by atoms with E-state index in [9.17, 15) is 4.79 Å². The number of nitrogens with two attached hydrogens (primary N) is 1. The van der Waals surface area contributed by atoms with E-state index >= 15 is 0 Å². The summed E-state index contributed by atoms with van der Waals surface area (Å²) in [6.45, 7) is 2.78. The first-order valence-corrected chi connectivity index (χ1v) is 8.16. The molecule has 0 aliphatic heterocycles. The van der Waals surface area contributed by atoms with E-state index in [4.69, 9.17) is 5.73 Å². The molecule has 0 aromatic heterocycles. The standard InChI is InChI=1S/C16H23BrN2O/c1-11(14-4-2-3-5-15(14)17)19-16(20)13-8-6-12(10-18)7-9-13/h2-5,11-13H,6-10,18H2,1H3,(H,19,20). The maximum Gasteiger partial charge on any atom is 0.223 e. The fraction of sp³-hybridized carbons (Fsp3) is 0.562. The van der Waals surface area contributed by atoms with Gasteiger partial charge in [-0.05, 0) is 56.7 Å². The van der Waals surface area contributed by atoms with E-state index in [1.165, 1.54) is 0 Å². The van der Waals surface area contributed by atoms with E-state index in [2.05, 4.69) is 21.2 Å². The molecule has 1 amide bonds. The third-order valence-electron chi connectivity index (χ3n) is 4.28. The maximum atomic E-state index is 12.3. The van der Waals surface area contributed by atoms with Gasteiger partial charge < -0.3 is 11.1 Å². The van der Waals surface area contributed by atoms with Crippen molar-refractivity contribution in [1.82, 2.24) is 5.32 Å². The lowest BCUT2D eigenvalue weighted by Crippen LogP contribution is -2.35. The summed E-state index contributed by atoms with van der Waals surface area (Å²) in [5.74, 6) is 0.950. The molecule has 1 unspecified atom stereocenters. The molecular weight excluding hydrogens is 316 g/mol. The SMILES string of the molecule is CC(NC(=O)C1CCC(CN)CC1)c1ccccc1Br. The van der Waals surface area contributed by atoms with Crippen LogP contribution >= 0.6 is 15.9 Å². The molecule has 110 valence electrons. The van der Waals surface area contributed by atoms with E-state index in [-0.39, 0.29) is 17.9 Å². The van der Waals surface area contributed by atoms with Gasteiger partial charge in [0.25, 0.3) is 0 Å². The smallest absolute Gasteiger partial charge is 0.223 e. The first-order valence-electron chi connectivity index (χ1n) is 7.36. The van der Waals surface area contributed by atoms with Crippen molar-refractivity contribution in [1.29, 1.82) is 0 Å². The van der Waals surface area contributed by atoms with Crippen molar-refractivity contribution < 1.29 is 4.79 Å². The molecule has 3 nitrogen and oxygen atoms in total. The quantitative estimate of drug-likeness (QED) is 0.883. The molecule has 0 bridgehead atoms. The monoisotopic (exact) mass is 338 g/mol. The van der Waals surface area contributed by atoms with Crippen LogP contribution in [0.5, 0.6) is 0 Å². The van der Waals surface area contributed by atoms with E-state index in [1.807, 2.05) is 31.2 Å². The highest BCUT2D eigenvalue weighted by Gasteiger charge is 2.26. The van der Waals surface area contributed by atoms with Crippen molar-refractivity contribution in [3.05, 3.63) is 34.3 Å². The second kappa shape index (κ2) is 7.23. The van der Waals surface area contributed by atoms with Crippen LogP contribution in [0.15, 0.2) is 28.7 Å². The highest BCUT2D eigenvalue weighted by Crippen LogP contribution is 2.29. The van der Waals surface area contributed by atoms with Crippen molar-refractivity contribution in [2.45, 2.75) is 38.6 Å². The van der Waals surface area contributed by atoms with Gasteiger partial charge in [-0.25, -0.2) is 0 Å². The van der Waals surface area contributed by atoms with Crippen LogP contribution in [0.4, 0.5) is 0 Å². The normalized spacial score (nSPS) is 24.1. The Labute approximate surface area is 129 Å². The predicted octanol–water partition coefficient (Wildman–Crippen LogP) is 3.39. The Bertz CT molecular complexity index is 456. The number of carbonyl (C=O) groups is 1. The summed E-state index contributed by atoms with van der Waals surface area (Å²) in [6, 6.07) is 8.06. The third kappa shape index (κ3) is 3.83. The molecule has 1 aromatic rings. The van der Waals surface area contributed by atoms with Crippen LogP contribution in [-0.2, 0) is 4.79 Å². The number of rotatable bonds is 4. The van der Waals surface area contributed by atoms with E-state index in [1.54, 1.807) is 0 Å². The van der Waals surface area contributed by atoms with Crippen LogP contribution in [0.2, 0.25) is 0 Å². The van der Waals surface area contributed by atoms with Gasteiger partial charge >= 0.3 is 0 Å². The molecule has 0 spiro atoms. The summed E-state index contributed by atoms with van der Waals surface area (Å²) in [4.78, 5) is 12.3. The lowest BCUT2D eigenvalue weighted by atomic mass is 9.81. The number of amides is 1. The molecule has 1 aliphatic carbocycles. The van der Waals surface area contributed by atoms with E-state index < -0.39 is 0 Å². The fourth-order valence-electron chi connectivity index (χ4n) is 2.90. The minimum atomic E-state index is 0.0327. The molecular formula is C16H23BrN2O. The van der Waals surface area contributed by atoms with Gasteiger partial charge in [0.15, 0.2) is 0 Å². The number of hydrogen-bond acceptors (Lipinski definition) is 2. The van der Waals surface area contributed by atoms with Crippen LogP contribution in [0.1, 0.15) is 44.2 Å². The van der Waals surface area contributed by atoms with E-state index in [0.717, 1.165) is 42.3 Å². The summed E-state index contributed by atoms with van der Waals surface area (Å²) in [5.41, 5.74) is 6.81. The van der Waals surface area contributed by atoms with Crippen molar-refractivity contribution in [3.63, 3.8) is 0 Å². The Balaban J connectivity index is 1.90. The summed E-state index contributed by atoms with van der Waals surface area (Å²) >= 11 is 3.53. The lowest BCUT2D eigenvalue weighted by Gasteiger charge is -2.28. The Kier molecular flexibility index (Phi) is 5.61. The molecule has 2 rings (SSSR count). The Hall–Kier alpha value is -0.870. The predicted molar refractivity (Wildman–Crippen MR) is 85.2 cm³/mol. The van der Waals surface area contributed by atoms with Crippen LogP contribution in [0, 0.1) is 11.8 Å². The van der Waals surface area contributed by atoms with Crippen LogP contribution in [0.25, 0.3) is 0 Å². The summed E-state index contributed by atoms with van der Waals surface area (Å²) in [5, 5.41) is 3.14. The molecule has 1 atom stereocenters. The number of carbonyl (C=O) groups excluding carboxylic acids is 1. The van der Waals surface area contributed by atoms with Gasteiger partial charge in [-0.3, -0.25) is 4.79 Å². The zero-order valence-electron chi connectivity index (χ0n) is 11.9. The third-order valence-corrected chi connectivity index (χ3v) is 5.00. The highest BCUT2D eigenvalue weighted by molar-refractivity contribution is 9.10. The summed E-state index contributed by atoms with van der Waals surface area (Å²) in [7, 11) is 0. The minimum Gasteiger partial charge on any atom is -0.349 e. The van der Waals surface area contributed by atoms with Crippen molar-refractivity contribution >= 4 is 21.8 Å². The zero-order valence-corrected chi connectivity index (χ0v) is 13.5. The van der Waals surface area contributed by atoms with E-state index in [0.29, 0.717) is 5.92 Å². The zero-order chi connectivity index (χ0) is 14.5. The van der Waals surface area contributed by atoms with Crippen molar-refractivity contribution in [2.24, 2.45) is 17.6 Å². The largest absolute Gasteiger partial charge is 0.349 e. The first-order chi connectivity index (χ1) is 9.61. The van der Waals surface area contributed by atoms with Gasteiger partial charge in [0.05, 0.1) is 6.04 Å². The molecule has 1 aromatic carbocycles. The average Bonchev–Trinajstić information content (AvgIpc) is 2.47. The van der Waals surface area contributed by atoms with Gasteiger partial charge in [-0.1, -0.05) is 34.1 Å². The van der Waals surface area contributed by atoms with Crippen molar-refractivity contribution in [3.8, 4) is 0 Å². The molecule has 0 radical (unpaired) electrons. The Morgan fingerprint density at radius 2 is 2.00 bits per heavy atom. The fourth-order valence-corrected chi connectivity index (χ4v) is 3.52. The molecule has 1 fully saturated rings. The van der Waals surface area contributed by atoms with Gasteiger partial charge in [0, 0.05) is 10.4 Å². The van der Waals surface area contributed by atoms with Crippen LogP contribution < -0.4 is 11.1 Å². The van der Waals surface area contributed by atoms with Gasteiger partial charge in [0.2, 0.25) is 5.91 Å². The maximum absolute atomic E-state index is 12.3. The summed E-state index contributed by atoms with van der Waals surface area (Å²) in [6.07, 6.45) is 4.10. The summed E-state index contributed by atoms with van der Waals surface area (Å²) < 4.78 is 1.04. The molecule has 0 heterocycles. The molecule has 1 saturated carbocycles. The number of hydrogen-bond donors (Lipinski definition) is 2. The molecule has 20 heavy (non-hydrogen) atoms. The topological polar surface area (TPSA) is 55.1 Å². The minimum absolute atomic E-state index is 0.0327. The highest BCUT2D eigenvalue weighted by atomic mass is 79.9. The van der Waals surface area contributed by atoms with Gasteiger partial charge in [-0.15, -0.1) is 0 Å². The average molecular weight is 339 g/mol. The van der Waals surface area contributed by atoms with Gasteiger partial charge in [-0.2, -0.15) is 0 Å². The lowest BCUT2D eigenvalue weighted by molar-refractivity contribution is -0.126. The second-order valence-electron chi connectivity index (χ2n) is 5.71. The molecule has 4 heteroatoms. The number of halogens is 1. The molecule has 1 aliphatic rings. The Morgan fingerprint density at radius 3 is 2.60 bits per heavy atom. The Morgan fingerprint density at radius 1 is 1.35 bits per heavy atom. The first kappa shape index (κ1) is 15.5. The number of benzene rings is 1. The number of nitrogens with one attached hydrogen (secondary N) is 1.